The largest absolute Gasteiger partial charge is 0.324 e. The van der Waals surface area contributed by atoms with Crippen LogP contribution in [-0.2, 0) is 11.2 Å². The molecule has 3 aromatic rings. The normalized spacial score (nSPS) is 10.5. The summed E-state index contributed by atoms with van der Waals surface area (Å²) in [6.45, 7) is 1.91. The molecule has 1 N–H and O–H groups in total. The number of carbonyl (C=O) groups is 1. The molecule has 0 fully saturated rings. The fourth-order valence-corrected chi connectivity index (χ4v) is 2.39. The van der Waals surface area contributed by atoms with Crippen molar-refractivity contribution in [3.63, 3.8) is 0 Å². The first-order valence-electron chi connectivity index (χ1n) is 6.92. The van der Waals surface area contributed by atoms with Crippen molar-refractivity contribution in [3.05, 3.63) is 72.1 Å². The molecule has 1 heterocycles. The molecule has 3 nitrogen and oxygen atoms in total. The molecular weight excluding hydrogens is 260 g/mol. The topological polar surface area (TPSA) is 42.0 Å². The maximum absolute atomic E-state index is 12.2. The molecule has 2 aromatic carbocycles. The number of hydrogen-bond acceptors (Lipinski definition) is 2. The van der Waals surface area contributed by atoms with Gasteiger partial charge in [-0.1, -0.05) is 54.6 Å². The highest BCUT2D eigenvalue weighted by Crippen LogP contribution is 2.25. The van der Waals surface area contributed by atoms with Gasteiger partial charge in [0.25, 0.3) is 0 Å². The van der Waals surface area contributed by atoms with Gasteiger partial charge in [-0.3, -0.25) is 9.78 Å². The number of benzene rings is 2. The molecule has 0 atom stereocenters. The van der Waals surface area contributed by atoms with Gasteiger partial charge in [0.2, 0.25) is 5.91 Å². The Kier molecular flexibility index (Phi) is 3.65. The van der Waals surface area contributed by atoms with Crippen molar-refractivity contribution in [2.75, 3.05) is 5.32 Å². The van der Waals surface area contributed by atoms with E-state index in [-0.39, 0.29) is 5.91 Å². The number of pyridine rings is 1. The molecular formula is C18H16N2O. The molecule has 0 aliphatic rings. The number of nitrogens with one attached hydrogen (secondary N) is 1. The fraction of sp³-hybridized carbons (Fsp3) is 0.111. The number of nitrogens with zero attached hydrogens (tertiary/aromatic N) is 1. The van der Waals surface area contributed by atoms with E-state index in [1.807, 2.05) is 67.7 Å². The van der Waals surface area contributed by atoms with Gasteiger partial charge >= 0.3 is 0 Å². The van der Waals surface area contributed by atoms with Gasteiger partial charge < -0.3 is 5.32 Å². The second-order valence-electron chi connectivity index (χ2n) is 5.02. The molecule has 0 aliphatic carbocycles. The number of fused-ring (bicyclic) bond motifs is 1. The van der Waals surface area contributed by atoms with Crippen LogP contribution in [0.4, 0.5) is 5.69 Å². The van der Waals surface area contributed by atoms with Crippen molar-refractivity contribution in [2.45, 2.75) is 13.3 Å². The summed E-state index contributed by atoms with van der Waals surface area (Å²) in [7, 11) is 0. The van der Waals surface area contributed by atoms with E-state index >= 15 is 0 Å². The molecule has 0 saturated carbocycles. The highest BCUT2D eigenvalue weighted by Gasteiger charge is 2.10. The molecule has 0 saturated heterocycles. The quantitative estimate of drug-likeness (QED) is 0.792. The summed E-state index contributed by atoms with van der Waals surface area (Å²) in [5.74, 6) is -0.0255. The maximum Gasteiger partial charge on any atom is 0.228 e. The lowest BCUT2D eigenvalue weighted by atomic mass is 10.1. The molecule has 0 radical (unpaired) electrons. The Morgan fingerprint density at radius 3 is 2.57 bits per heavy atom. The van der Waals surface area contributed by atoms with Gasteiger partial charge in [0.15, 0.2) is 0 Å². The smallest absolute Gasteiger partial charge is 0.228 e. The molecule has 21 heavy (non-hydrogen) atoms. The van der Waals surface area contributed by atoms with Crippen LogP contribution in [0.3, 0.4) is 0 Å². The molecule has 0 bridgehead atoms. The molecule has 3 heteroatoms. The van der Waals surface area contributed by atoms with Crippen LogP contribution in [0.5, 0.6) is 0 Å². The lowest BCUT2D eigenvalue weighted by molar-refractivity contribution is -0.115. The van der Waals surface area contributed by atoms with E-state index in [1.165, 1.54) is 0 Å². The first-order chi connectivity index (χ1) is 10.2. The Bertz CT molecular complexity index is 782. The summed E-state index contributed by atoms with van der Waals surface area (Å²) in [5, 5.41) is 5.05. The number of anilines is 1. The maximum atomic E-state index is 12.2. The fourth-order valence-electron chi connectivity index (χ4n) is 2.39. The molecule has 0 unspecified atom stereocenters. The van der Waals surface area contributed by atoms with Crippen LogP contribution in [-0.4, -0.2) is 10.9 Å². The van der Waals surface area contributed by atoms with Gasteiger partial charge in [0.05, 0.1) is 17.8 Å². The molecule has 104 valence electrons. The van der Waals surface area contributed by atoms with Gasteiger partial charge in [0, 0.05) is 17.0 Å². The molecule has 0 aliphatic heterocycles. The molecule has 1 aromatic heterocycles. The Hall–Kier alpha value is -2.68. The Labute approximate surface area is 123 Å². The zero-order valence-corrected chi connectivity index (χ0v) is 11.8. The van der Waals surface area contributed by atoms with Crippen molar-refractivity contribution < 1.29 is 4.79 Å². The van der Waals surface area contributed by atoms with Crippen molar-refractivity contribution >= 4 is 22.4 Å². The first-order valence-corrected chi connectivity index (χ1v) is 6.92. The van der Waals surface area contributed by atoms with Crippen molar-refractivity contribution in [3.8, 4) is 0 Å². The van der Waals surface area contributed by atoms with E-state index in [9.17, 15) is 4.79 Å². The van der Waals surface area contributed by atoms with Crippen molar-refractivity contribution in [1.29, 1.82) is 0 Å². The van der Waals surface area contributed by atoms with Gasteiger partial charge in [-0.05, 0) is 12.5 Å². The van der Waals surface area contributed by atoms with Crippen molar-refractivity contribution in [1.82, 2.24) is 4.98 Å². The summed E-state index contributed by atoms with van der Waals surface area (Å²) in [6.07, 6.45) is 2.20. The van der Waals surface area contributed by atoms with E-state index in [0.717, 1.165) is 27.7 Å². The Morgan fingerprint density at radius 2 is 1.76 bits per heavy atom. The van der Waals surface area contributed by atoms with Crippen LogP contribution >= 0.6 is 0 Å². The van der Waals surface area contributed by atoms with E-state index in [0.29, 0.717) is 6.42 Å². The number of aromatic nitrogens is 1. The Balaban J connectivity index is 1.88. The van der Waals surface area contributed by atoms with Crippen molar-refractivity contribution in [2.24, 2.45) is 0 Å². The first kappa shape index (κ1) is 13.3. The predicted octanol–water partition coefficient (Wildman–Crippen LogP) is 3.72. The van der Waals surface area contributed by atoms with Crippen LogP contribution in [0.1, 0.15) is 11.3 Å². The zero-order valence-electron chi connectivity index (χ0n) is 11.8. The summed E-state index contributed by atoms with van der Waals surface area (Å²) in [4.78, 5) is 16.6. The zero-order chi connectivity index (χ0) is 14.7. The molecule has 0 spiro atoms. The summed E-state index contributed by atoms with van der Waals surface area (Å²) >= 11 is 0. The van der Waals surface area contributed by atoms with Crippen LogP contribution in [0.2, 0.25) is 0 Å². The van der Waals surface area contributed by atoms with E-state index in [1.54, 1.807) is 0 Å². The molecule has 1 amide bonds. The average Bonchev–Trinajstić information content (AvgIpc) is 2.51. The number of amides is 1. The standard InChI is InChI=1S/C18H16N2O/c1-13-18(16-10-6-5-9-15(16)12-19-13)20-17(21)11-14-7-3-2-4-8-14/h2-10,12H,11H2,1H3,(H,20,21). The SMILES string of the molecule is Cc1ncc2ccccc2c1NC(=O)Cc1ccccc1. The van der Waals surface area contributed by atoms with E-state index < -0.39 is 0 Å². The third-order valence-corrected chi connectivity index (χ3v) is 3.46. The van der Waals surface area contributed by atoms with Crippen LogP contribution in [0, 0.1) is 6.92 Å². The minimum atomic E-state index is -0.0255. The van der Waals surface area contributed by atoms with Gasteiger partial charge in [-0.25, -0.2) is 0 Å². The van der Waals surface area contributed by atoms with E-state index in [2.05, 4.69) is 10.3 Å². The van der Waals surface area contributed by atoms with Gasteiger partial charge in [0.1, 0.15) is 0 Å². The number of carbonyl (C=O) groups excluding carboxylic acids is 1. The number of rotatable bonds is 3. The van der Waals surface area contributed by atoms with Crippen LogP contribution in [0.25, 0.3) is 10.8 Å². The second kappa shape index (κ2) is 5.75. The average molecular weight is 276 g/mol. The summed E-state index contributed by atoms with van der Waals surface area (Å²) in [6, 6.07) is 17.7. The third-order valence-electron chi connectivity index (χ3n) is 3.46. The number of aryl methyl sites for hydroxylation is 1. The summed E-state index contributed by atoms with van der Waals surface area (Å²) in [5.41, 5.74) is 2.63. The monoisotopic (exact) mass is 276 g/mol. The lowest BCUT2D eigenvalue weighted by Crippen LogP contribution is -2.15. The summed E-state index contributed by atoms with van der Waals surface area (Å²) < 4.78 is 0. The van der Waals surface area contributed by atoms with Gasteiger partial charge in [-0.15, -0.1) is 0 Å². The lowest BCUT2D eigenvalue weighted by Gasteiger charge is -2.11. The minimum absolute atomic E-state index is 0.0255. The second-order valence-corrected chi connectivity index (χ2v) is 5.02. The highest BCUT2D eigenvalue weighted by atomic mass is 16.1. The highest BCUT2D eigenvalue weighted by molar-refractivity contribution is 6.03. The third kappa shape index (κ3) is 2.92. The minimum Gasteiger partial charge on any atom is -0.324 e. The number of hydrogen-bond donors (Lipinski definition) is 1. The van der Waals surface area contributed by atoms with E-state index in [4.69, 9.17) is 0 Å². The van der Waals surface area contributed by atoms with Crippen LogP contribution < -0.4 is 5.32 Å². The molecule has 3 rings (SSSR count). The predicted molar refractivity (Wildman–Crippen MR) is 85.3 cm³/mol. The Morgan fingerprint density at radius 1 is 1.05 bits per heavy atom. The van der Waals surface area contributed by atoms with Crippen LogP contribution in [0.15, 0.2) is 60.8 Å². The van der Waals surface area contributed by atoms with Gasteiger partial charge in [-0.2, -0.15) is 0 Å².